The Bertz CT molecular complexity index is 974. The minimum absolute atomic E-state index is 0.253. The SMILES string of the molecule is C[C@@H](NC(=O)c1cc2ccccc2o1)c1ccc(NS(C)(=O)=O)cc1. The Morgan fingerprint density at radius 3 is 2.40 bits per heavy atom. The van der Waals surface area contributed by atoms with Crippen molar-refractivity contribution in [1.29, 1.82) is 0 Å². The van der Waals surface area contributed by atoms with E-state index in [4.69, 9.17) is 4.42 Å². The van der Waals surface area contributed by atoms with E-state index in [0.717, 1.165) is 17.2 Å². The van der Waals surface area contributed by atoms with Gasteiger partial charge >= 0.3 is 0 Å². The first kappa shape index (κ1) is 17.0. The topological polar surface area (TPSA) is 88.4 Å². The molecule has 6 nitrogen and oxygen atoms in total. The molecule has 0 saturated heterocycles. The molecule has 0 spiro atoms. The highest BCUT2D eigenvalue weighted by atomic mass is 32.2. The van der Waals surface area contributed by atoms with Crippen LogP contribution in [0.5, 0.6) is 0 Å². The molecule has 3 aromatic rings. The van der Waals surface area contributed by atoms with Gasteiger partial charge in [-0.15, -0.1) is 0 Å². The largest absolute Gasteiger partial charge is 0.451 e. The lowest BCUT2D eigenvalue weighted by molar-refractivity contribution is 0.0914. The number of furan rings is 1. The summed E-state index contributed by atoms with van der Waals surface area (Å²) in [5.41, 5.74) is 1.99. The maximum absolute atomic E-state index is 12.4. The molecule has 1 amide bonds. The number of hydrogen-bond acceptors (Lipinski definition) is 4. The van der Waals surface area contributed by atoms with Crippen LogP contribution in [0.25, 0.3) is 11.0 Å². The minimum Gasteiger partial charge on any atom is -0.451 e. The normalized spacial score (nSPS) is 12.7. The number of benzene rings is 2. The Morgan fingerprint density at radius 1 is 1.08 bits per heavy atom. The van der Waals surface area contributed by atoms with E-state index in [1.165, 1.54) is 0 Å². The monoisotopic (exact) mass is 358 g/mol. The molecule has 25 heavy (non-hydrogen) atoms. The third-order valence-corrected chi connectivity index (χ3v) is 4.32. The van der Waals surface area contributed by atoms with Gasteiger partial charge in [0.2, 0.25) is 10.0 Å². The molecule has 0 bridgehead atoms. The predicted molar refractivity (Wildman–Crippen MR) is 97.0 cm³/mol. The molecule has 0 radical (unpaired) electrons. The molecule has 0 fully saturated rings. The molecule has 0 unspecified atom stereocenters. The van der Waals surface area contributed by atoms with E-state index in [2.05, 4.69) is 10.0 Å². The van der Waals surface area contributed by atoms with Crippen LogP contribution in [0.1, 0.15) is 29.1 Å². The number of fused-ring (bicyclic) bond motifs is 1. The maximum atomic E-state index is 12.4. The van der Waals surface area contributed by atoms with Crippen LogP contribution in [-0.2, 0) is 10.0 Å². The molecule has 0 aliphatic carbocycles. The highest BCUT2D eigenvalue weighted by Crippen LogP contribution is 2.21. The number of amides is 1. The molecule has 7 heteroatoms. The molecule has 130 valence electrons. The number of rotatable bonds is 5. The average Bonchev–Trinajstić information content (AvgIpc) is 2.98. The molecular formula is C18H18N2O4S. The van der Waals surface area contributed by atoms with E-state index >= 15 is 0 Å². The number of sulfonamides is 1. The molecular weight excluding hydrogens is 340 g/mol. The van der Waals surface area contributed by atoms with E-state index < -0.39 is 10.0 Å². The van der Waals surface area contributed by atoms with E-state index in [1.54, 1.807) is 30.3 Å². The van der Waals surface area contributed by atoms with Crippen LogP contribution in [0, 0.1) is 0 Å². The standard InChI is InChI=1S/C18H18N2O4S/c1-12(13-7-9-15(10-8-13)20-25(2,22)23)19-18(21)17-11-14-5-3-4-6-16(14)24-17/h3-12,20H,1-2H3,(H,19,21)/t12-/m1/s1. The van der Waals surface area contributed by atoms with Crippen molar-refractivity contribution in [1.82, 2.24) is 5.32 Å². The fourth-order valence-corrected chi connectivity index (χ4v) is 3.06. The first-order chi connectivity index (χ1) is 11.8. The molecule has 2 N–H and O–H groups in total. The smallest absolute Gasteiger partial charge is 0.287 e. The molecule has 0 aliphatic rings. The first-order valence-electron chi connectivity index (χ1n) is 7.69. The molecule has 1 atom stereocenters. The fraction of sp³-hybridized carbons (Fsp3) is 0.167. The maximum Gasteiger partial charge on any atom is 0.287 e. The van der Waals surface area contributed by atoms with Crippen LogP contribution in [0.15, 0.2) is 59.0 Å². The Hall–Kier alpha value is -2.80. The van der Waals surface area contributed by atoms with Gasteiger partial charge in [0.05, 0.1) is 12.3 Å². The highest BCUT2D eigenvalue weighted by molar-refractivity contribution is 7.92. The fourth-order valence-electron chi connectivity index (χ4n) is 2.50. The second-order valence-corrected chi connectivity index (χ2v) is 7.59. The summed E-state index contributed by atoms with van der Waals surface area (Å²) in [5.74, 6) is -0.0505. The predicted octanol–water partition coefficient (Wildman–Crippen LogP) is 3.30. The first-order valence-corrected chi connectivity index (χ1v) is 9.58. The van der Waals surface area contributed by atoms with Crippen LogP contribution in [0.2, 0.25) is 0 Å². The number of nitrogens with one attached hydrogen (secondary N) is 2. The van der Waals surface area contributed by atoms with Gasteiger partial charge in [-0.05, 0) is 36.8 Å². The van der Waals surface area contributed by atoms with Crippen LogP contribution in [0.4, 0.5) is 5.69 Å². The second-order valence-electron chi connectivity index (χ2n) is 5.84. The molecule has 0 aliphatic heterocycles. The van der Waals surface area contributed by atoms with E-state index in [-0.39, 0.29) is 17.7 Å². The van der Waals surface area contributed by atoms with Crippen molar-refractivity contribution in [3.05, 3.63) is 65.9 Å². The summed E-state index contributed by atoms with van der Waals surface area (Å²) >= 11 is 0. The lowest BCUT2D eigenvalue weighted by Gasteiger charge is -2.14. The van der Waals surface area contributed by atoms with Gasteiger partial charge in [0, 0.05) is 11.1 Å². The Labute approximate surface area is 145 Å². The van der Waals surface area contributed by atoms with E-state index in [1.807, 2.05) is 31.2 Å². The number of carbonyl (C=O) groups excluding carboxylic acids is 1. The summed E-state index contributed by atoms with van der Waals surface area (Å²) in [4.78, 5) is 12.4. The zero-order chi connectivity index (χ0) is 18.0. The van der Waals surface area contributed by atoms with Crippen molar-refractivity contribution in [2.24, 2.45) is 0 Å². The van der Waals surface area contributed by atoms with Crippen molar-refractivity contribution < 1.29 is 17.6 Å². The zero-order valence-electron chi connectivity index (χ0n) is 13.8. The van der Waals surface area contributed by atoms with Crippen LogP contribution >= 0.6 is 0 Å². The minimum atomic E-state index is -3.31. The summed E-state index contributed by atoms with van der Waals surface area (Å²) in [5, 5.41) is 3.74. The Morgan fingerprint density at radius 2 is 1.76 bits per heavy atom. The van der Waals surface area contributed by atoms with E-state index in [9.17, 15) is 13.2 Å². The van der Waals surface area contributed by atoms with Gasteiger partial charge in [-0.1, -0.05) is 30.3 Å². The third kappa shape index (κ3) is 4.19. The van der Waals surface area contributed by atoms with Gasteiger partial charge in [0.15, 0.2) is 5.76 Å². The average molecular weight is 358 g/mol. The quantitative estimate of drug-likeness (QED) is 0.732. The molecule has 3 rings (SSSR count). The molecule has 2 aromatic carbocycles. The van der Waals surface area contributed by atoms with Crippen molar-refractivity contribution in [2.45, 2.75) is 13.0 Å². The van der Waals surface area contributed by atoms with Gasteiger partial charge in [-0.2, -0.15) is 0 Å². The van der Waals surface area contributed by atoms with Gasteiger partial charge in [0.1, 0.15) is 5.58 Å². The number of para-hydroxylation sites is 1. The van der Waals surface area contributed by atoms with Gasteiger partial charge in [0.25, 0.3) is 5.91 Å². The van der Waals surface area contributed by atoms with Crippen molar-refractivity contribution in [3.8, 4) is 0 Å². The summed E-state index contributed by atoms with van der Waals surface area (Å²) in [6.45, 7) is 1.85. The Kier molecular flexibility index (Phi) is 4.50. The van der Waals surface area contributed by atoms with Crippen molar-refractivity contribution >= 4 is 32.6 Å². The number of hydrogen-bond donors (Lipinski definition) is 2. The number of carbonyl (C=O) groups is 1. The van der Waals surface area contributed by atoms with Crippen LogP contribution in [-0.4, -0.2) is 20.6 Å². The summed E-state index contributed by atoms with van der Waals surface area (Å²) in [6.07, 6.45) is 1.09. The lowest BCUT2D eigenvalue weighted by Crippen LogP contribution is -2.26. The second kappa shape index (κ2) is 6.60. The zero-order valence-corrected chi connectivity index (χ0v) is 14.6. The van der Waals surface area contributed by atoms with Crippen LogP contribution < -0.4 is 10.0 Å². The lowest BCUT2D eigenvalue weighted by atomic mass is 10.1. The number of anilines is 1. The van der Waals surface area contributed by atoms with Crippen molar-refractivity contribution in [3.63, 3.8) is 0 Å². The summed E-state index contributed by atoms with van der Waals surface area (Å²) < 4.78 is 30.4. The van der Waals surface area contributed by atoms with E-state index in [0.29, 0.717) is 11.3 Å². The summed E-state index contributed by atoms with van der Waals surface area (Å²) in [6, 6.07) is 15.7. The molecule has 0 saturated carbocycles. The van der Waals surface area contributed by atoms with Crippen LogP contribution in [0.3, 0.4) is 0 Å². The third-order valence-electron chi connectivity index (χ3n) is 3.71. The molecule has 1 aromatic heterocycles. The molecule has 1 heterocycles. The van der Waals surface area contributed by atoms with Gasteiger partial charge in [-0.3, -0.25) is 9.52 Å². The van der Waals surface area contributed by atoms with Gasteiger partial charge in [-0.25, -0.2) is 8.42 Å². The van der Waals surface area contributed by atoms with Crippen molar-refractivity contribution in [2.75, 3.05) is 11.0 Å². The highest BCUT2D eigenvalue weighted by Gasteiger charge is 2.15. The summed E-state index contributed by atoms with van der Waals surface area (Å²) in [7, 11) is -3.31. The van der Waals surface area contributed by atoms with Gasteiger partial charge < -0.3 is 9.73 Å². The Balaban J connectivity index is 1.70.